The fourth-order valence-corrected chi connectivity index (χ4v) is 3.19. The molecule has 1 N–H and O–H groups in total. The maximum Gasteiger partial charge on any atom is 0.425 e. The monoisotopic (exact) mass is 434 g/mol. The maximum absolute atomic E-state index is 14.3. The lowest BCUT2D eigenvalue weighted by Crippen LogP contribution is -2.43. The largest absolute Gasteiger partial charge is 0.496 e. The molecule has 0 radical (unpaired) electrons. The second kappa shape index (κ2) is 9.56. The van der Waals surface area contributed by atoms with Crippen molar-refractivity contribution in [3.05, 3.63) is 64.2 Å². The Balaban J connectivity index is 2.70. The molecule has 1 atom stereocenters. The Morgan fingerprint density at radius 1 is 1.16 bits per heavy atom. The van der Waals surface area contributed by atoms with Crippen LogP contribution in [0.15, 0.2) is 47.0 Å². The van der Waals surface area contributed by atoms with Crippen molar-refractivity contribution in [1.29, 1.82) is 0 Å². The molecule has 31 heavy (non-hydrogen) atoms. The molecule has 0 aromatic heterocycles. The maximum atomic E-state index is 14.3. The van der Waals surface area contributed by atoms with Crippen LogP contribution in [-0.4, -0.2) is 43.2 Å². The normalized spacial score (nSPS) is 14.6. The smallest absolute Gasteiger partial charge is 0.425 e. The van der Waals surface area contributed by atoms with Gasteiger partial charge in [0.05, 0.1) is 19.1 Å². The summed E-state index contributed by atoms with van der Waals surface area (Å²) >= 11 is 0. The first-order valence-corrected chi connectivity index (χ1v) is 9.92. The van der Waals surface area contributed by atoms with E-state index < -0.39 is 11.8 Å². The quantitative estimate of drug-likeness (QED) is 0.444. The molecule has 0 aliphatic rings. The number of hydrogen-bond donors (Lipinski definition) is 1. The number of methoxy groups -OCH3 is 1. The summed E-state index contributed by atoms with van der Waals surface area (Å²) in [7, 11) is 3.11. The highest BCUT2D eigenvalue weighted by Crippen LogP contribution is 2.49. The summed E-state index contributed by atoms with van der Waals surface area (Å²) in [5.74, 6) is -0.0886. The molecule has 0 aliphatic heterocycles. The number of aryl methyl sites for hydroxylation is 2. The van der Waals surface area contributed by atoms with Crippen molar-refractivity contribution in [3.63, 3.8) is 0 Å². The number of alkyl halides is 3. The summed E-state index contributed by atoms with van der Waals surface area (Å²) in [6.45, 7) is 7.41. The minimum atomic E-state index is -4.97. The molecule has 0 spiro atoms. The second-order valence-corrected chi connectivity index (χ2v) is 7.55. The topological polar surface area (TPSA) is 45.1 Å². The molecule has 0 saturated heterocycles. The Bertz CT molecular complexity index is 983. The van der Waals surface area contributed by atoms with Crippen molar-refractivity contribution >= 4 is 18.1 Å². The summed E-state index contributed by atoms with van der Waals surface area (Å²) < 4.78 is 48.2. The number of nitrogens with zero attached hydrogens (tertiary/aromatic N) is 2. The first kappa shape index (κ1) is 24.5. The van der Waals surface area contributed by atoms with Gasteiger partial charge in [0.2, 0.25) is 5.60 Å². The van der Waals surface area contributed by atoms with Crippen LogP contribution in [0.3, 0.4) is 0 Å². The molecule has 4 nitrogen and oxygen atoms in total. The van der Waals surface area contributed by atoms with Crippen LogP contribution < -0.4 is 4.74 Å². The van der Waals surface area contributed by atoms with Gasteiger partial charge in [-0.15, -0.1) is 0 Å². The lowest BCUT2D eigenvalue weighted by molar-refractivity contribution is -0.249. The van der Waals surface area contributed by atoms with Crippen molar-refractivity contribution in [1.82, 2.24) is 4.90 Å². The van der Waals surface area contributed by atoms with Gasteiger partial charge < -0.3 is 14.7 Å². The average Bonchev–Trinajstić information content (AvgIpc) is 2.72. The number of benzene rings is 2. The first-order valence-electron chi connectivity index (χ1n) is 9.92. The number of ether oxygens (including phenoxy) is 1. The zero-order chi connectivity index (χ0) is 23.4. The van der Waals surface area contributed by atoms with Gasteiger partial charge >= 0.3 is 6.18 Å². The molecule has 0 amide bonds. The van der Waals surface area contributed by atoms with Gasteiger partial charge in [0.25, 0.3) is 0 Å². The number of hydrogen-bond acceptors (Lipinski definition) is 3. The van der Waals surface area contributed by atoms with E-state index in [1.54, 1.807) is 44.5 Å². The Kier molecular flexibility index (Phi) is 7.54. The number of rotatable bonds is 7. The van der Waals surface area contributed by atoms with Crippen LogP contribution in [0.1, 0.15) is 36.1 Å². The molecule has 0 saturated carbocycles. The summed E-state index contributed by atoms with van der Waals surface area (Å²) in [6.07, 6.45) is -2.01. The fourth-order valence-electron chi connectivity index (χ4n) is 3.19. The first-order chi connectivity index (χ1) is 14.4. The van der Waals surface area contributed by atoms with Crippen LogP contribution in [-0.2, 0) is 5.60 Å². The summed E-state index contributed by atoms with van der Waals surface area (Å²) in [5, 5.41) is 11.1. The van der Waals surface area contributed by atoms with Gasteiger partial charge in [-0.1, -0.05) is 30.3 Å². The second-order valence-electron chi connectivity index (χ2n) is 7.55. The third-order valence-electron chi connectivity index (χ3n) is 5.34. The van der Waals surface area contributed by atoms with Crippen LogP contribution in [0.5, 0.6) is 5.75 Å². The van der Waals surface area contributed by atoms with E-state index in [2.05, 4.69) is 4.99 Å². The molecule has 1 unspecified atom stereocenters. The highest BCUT2D eigenvalue weighted by Gasteiger charge is 2.57. The van der Waals surface area contributed by atoms with Gasteiger partial charge in [-0.05, 0) is 56.0 Å². The highest BCUT2D eigenvalue weighted by molar-refractivity contribution is 5.67. The molecular weight excluding hydrogens is 405 g/mol. The van der Waals surface area contributed by atoms with E-state index in [9.17, 15) is 18.3 Å². The van der Waals surface area contributed by atoms with E-state index in [4.69, 9.17) is 4.74 Å². The number of aliphatic hydroxyl groups is 1. The minimum Gasteiger partial charge on any atom is -0.496 e. The minimum absolute atomic E-state index is 0.0886. The van der Waals surface area contributed by atoms with E-state index in [0.29, 0.717) is 16.8 Å². The predicted octanol–water partition coefficient (Wildman–Crippen LogP) is 5.78. The third kappa shape index (κ3) is 5.10. The van der Waals surface area contributed by atoms with Gasteiger partial charge in [0.1, 0.15) is 5.75 Å². The molecule has 0 fully saturated rings. The molecule has 2 rings (SSSR count). The summed E-state index contributed by atoms with van der Waals surface area (Å²) in [5.41, 5.74) is -1.50. The Hall–Kier alpha value is -2.80. The molecule has 0 heterocycles. The van der Waals surface area contributed by atoms with Crippen molar-refractivity contribution in [3.8, 4) is 5.75 Å². The Morgan fingerprint density at radius 3 is 2.35 bits per heavy atom. The number of halogens is 3. The summed E-state index contributed by atoms with van der Waals surface area (Å²) in [6, 6.07) is 9.77. The standard InChI is InChI=1S/C24H29F3N2O2/c1-7-29(5)15-28-21-14-22(31-6)20(12-17(21)3)23(30,24(25,26)27)18(4)13-19-11-9-8-10-16(19)2/h8-15,30H,7H2,1-6H3/b18-13+,28-15+. The molecule has 0 bridgehead atoms. The van der Waals surface area contributed by atoms with Crippen molar-refractivity contribution in [2.75, 3.05) is 20.7 Å². The molecule has 2 aromatic carbocycles. The highest BCUT2D eigenvalue weighted by atomic mass is 19.4. The van der Waals surface area contributed by atoms with Crippen LogP contribution in [0.4, 0.5) is 18.9 Å². The van der Waals surface area contributed by atoms with E-state index in [1.807, 2.05) is 18.9 Å². The molecule has 168 valence electrons. The average molecular weight is 435 g/mol. The fraction of sp³-hybridized carbons (Fsp3) is 0.375. The van der Waals surface area contributed by atoms with Gasteiger partial charge in [0.15, 0.2) is 0 Å². The summed E-state index contributed by atoms with van der Waals surface area (Å²) in [4.78, 5) is 6.17. The van der Waals surface area contributed by atoms with Crippen LogP contribution in [0.2, 0.25) is 0 Å². The van der Waals surface area contributed by atoms with Gasteiger partial charge in [0, 0.05) is 25.2 Å². The van der Waals surface area contributed by atoms with Crippen LogP contribution >= 0.6 is 0 Å². The number of aliphatic imine (C=N–C) groups is 1. The SMILES string of the molecule is CCN(C)/C=N/c1cc(OC)c(C(O)(/C(C)=C/c2ccccc2C)C(F)(F)F)cc1C. The van der Waals surface area contributed by atoms with Gasteiger partial charge in [-0.25, -0.2) is 4.99 Å². The van der Waals surface area contributed by atoms with Crippen molar-refractivity contribution in [2.45, 2.75) is 39.5 Å². The van der Waals surface area contributed by atoms with Crippen molar-refractivity contribution < 1.29 is 23.0 Å². The van der Waals surface area contributed by atoms with Crippen molar-refractivity contribution in [2.24, 2.45) is 4.99 Å². The Morgan fingerprint density at radius 2 is 1.81 bits per heavy atom. The zero-order valence-corrected chi connectivity index (χ0v) is 18.7. The third-order valence-corrected chi connectivity index (χ3v) is 5.34. The molecular formula is C24H29F3N2O2. The van der Waals surface area contributed by atoms with E-state index in [-0.39, 0.29) is 16.9 Å². The molecule has 7 heteroatoms. The molecule has 0 aliphatic carbocycles. The Labute approximate surface area is 181 Å². The van der Waals surface area contributed by atoms with Gasteiger partial charge in [-0.2, -0.15) is 13.2 Å². The van der Waals surface area contributed by atoms with Crippen LogP contribution in [0, 0.1) is 13.8 Å². The van der Waals surface area contributed by atoms with Gasteiger partial charge in [-0.3, -0.25) is 0 Å². The van der Waals surface area contributed by atoms with Crippen LogP contribution in [0.25, 0.3) is 6.08 Å². The lowest BCUT2D eigenvalue weighted by atomic mass is 9.83. The van der Waals surface area contributed by atoms with E-state index in [1.165, 1.54) is 32.2 Å². The zero-order valence-electron chi connectivity index (χ0n) is 18.7. The van der Waals surface area contributed by atoms with E-state index in [0.717, 1.165) is 12.1 Å². The molecule has 2 aromatic rings. The predicted molar refractivity (Wildman–Crippen MR) is 119 cm³/mol. The van der Waals surface area contributed by atoms with E-state index >= 15 is 0 Å². The lowest BCUT2D eigenvalue weighted by Gasteiger charge is -2.33.